The fourth-order valence-corrected chi connectivity index (χ4v) is 2.63. The van der Waals surface area contributed by atoms with E-state index in [2.05, 4.69) is 5.32 Å². The highest BCUT2D eigenvalue weighted by atomic mass is 35.5. The summed E-state index contributed by atoms with van der Waals surface area (Å²) in [7, 11) is 0. The molecular formula is C14H19Cl2NO. The Labute approximate surface area is 119 Å². The van der Waals surface area contributed by atoms with Gasteiger partial charge in [0.1, 0.15) is 5.75 Å². The Morgan fingerprint density at radius 2 is 2.28 bits per heavy atom. The second-order valence-electron chi connectivity index (χ2n) is 4.75. The smallest absolute Gasteiger partial charge is 0.127 e. The molecule has 0 aliphatic carbocycles. The second kappa shape index (κ2) is 6.65. The molecule has 0 bridgehead atoms. The fourth-order valence-electron chi connectivity index (χ4n) is 2.21. The van der Waals surface area contributed by atoms with E-state index in [1.165, 1.54) is 5.56 Å². The van der Waals surface area contributed by atoms with E-state index in [1.54, 1.807) is 0 Å². The maximum Gasteiger partial charge on any atom is 0.127 e. The first kappa shape index (κ1) is 14.0. The van der Waals surface area contributed by atoms with Crippen LogP contribution >= 0.6 is 23.2 Å². The molecule has 1 aromatic rings. The third-order valence-corrected chi connectivity index (χ3v) is 3.53. The molecule has 2 nitrogen and oxygen atoms in total. The molecule has 0 radical (unpaired) electrons. The fraction of sp³-hybridized carbons (Fsp3) is 0.571. The van der Waals surface area contributed by atoms with Crippen molar-refractivity contribution in [2.24, 2.45) is 0 Å². The third-order valence-electron chi connectivity index (χ3n) is 3.10. The van der Waals surface area contributed by atoms with E-state index < -0.39 is 0 Å². The van der Waals surface area contributed by atoms with Gasteiger partial charge >= 0.3 is 0 Å². The largest absolute Gasteiger partial charge is 0.493 e. The number of hydrogen-bond acceptors (Lipinski definition) is 2. The molecule has 0 saturated heterocycles. The van der Waals surface area contributed by atoms with Crippen LogP contribution in [0.2, 0.25) is 5.02 Å². The molecule has 100 valence electrons. The van der Waals surface area contributed by atoms with E-state index in [4.69, 9.17) is 27.9 Å². The maximum absolute atomic E-state index is 6.11. The molecule has 0 aromatic heterocycles. The number of halogens is 2. The summed E-state index contributed by atoms with van der Waals surface area (Å²) in [6.07, 6.45) is 3.10. The molecule has 18 heavy (non-hydrogen) atoms. The number of ether oxygens (including phenoxy) is 1. The van der Waals surface area contributed by atoms with Crippen LogP contribution in [0.4, 0.5) is 0 Å². The highest BCUT2D eigenvalue weighted by Crippen LogP contribution is 2.32. The zero-order valence-electron chi connectivity index (χ0n) is 10.6. The number of rotatable bonds is 6. The van der Waals surface area contributed by atoms with Crippen molar-refractivity contribution < 1.29 is 4.74 Å². The van der Waals surface area contributed by atoms with E-state index in [0.717, 1.165) is 55.3 Å². The molecule has 0 spiro atoms. The SMILES string of the molecule is CC(Cl)CCCNCc1cc(Cl)cc2c1OCC2. The maximum atomic E-state index is 6.11. The van der Waals surface area contributed by atoms with E-state index in [-0.39, 0.29) is 5.38 Å². The minimum absolute atomic E-state index is 0.255. The quantitative estimate of drug-likeness (QED) is 0.635. The van der Waals surface area contributed by atoms with Crippen molar-refractivity contribution in [3.8, 4) is 5.75 Å². The van der Waals surface area contributed by atoms with Crippen molar-refractivity contribution in [3.63, 3.8) is 0 Å². The van der Waals surface area contributed by atoms with Crippen LogP contribution < -0.4 is 10.1 Å². The minimum Gasteiger partial charge on any atom is -0.493 e. The summed E-state index contributed by atoms with van der Waals surface area (Å²) in [4.78, 5) is 0. The minimum atomic E-state index is 0.255. The van der Waals surface area contributed by atoms with Crippen LogP contribution in [0.3, 0.4) is 0 Å². The van der Waals surface area contributed by atoms with Gasteiger partial charge in [-0.05, 0) is 44.0 Å². The van der Waals surface area contributed by atoms with Crippen LogP contribution in [-0.4, -0.2) is 18.5 Å². The van der Waals surface area contributed by atoms with Gasteiger partial charge in [-0.1, -0.05) is 11.6 Å². The number of nitrogens with one attached hydrogen (secondary N) is 1. The average molecular weight is 288 g/mol. The summed E-state index contributed by atoms with van der Waals surface area (Å²) in [5.74, 6) is 1.03. The monoisotopic (exact) mass is 287 g/mol. The second-order valence-corrected chi connectivity index (χ2v) is 5.93. The standard InChI is InChI=1S/C14H19Cl2NO/c1-10(15)3-2-5-17-9-12-8-13(16)7-11-4-6-18-14(11)12/h7-8,10,17H,2-6,9H2,1H3. The van der Waals surface area contributed by atoms with E-state index >= 15 is 0 Å². The highest BCUT2D eigenvalue weighted by molar-refractivity contribution is 6.30. The molecule has 0 fully saturated rings. The summed E-state index contributed by atoms with van der Waals surface area (Å²) in [5, 5.41) is 4.47. The van der Waals surface area contributed by atoms with Crippen molar-refractivity contribution in [2.75, 3.05) is 13.2 Å². The first-order valence-electron chi connectivity index (χ1n) is 6.45. The topological polar surface area (TPSA) is 21.3 Å². The molecule has 1 heterocycles. The van der Waals surface area contributed by atoms with Crippen LogP contribution in [0.1, 0.15) is 30.9 Å². The lowest BCUT2D eigenvalue weighted by Crippen LogP contribution is -2.16. The van der Waals surface area contributed by atoms with Crippen LogP contribution in [0.5, 0.6) is 5.75 Å². The van der Waals surface area contributed by atoms with Gasteiger partial charge in [-0.2, -0.15) is 0 Å². The lowest BCUT2D eigenvalue weighted by Gasteiger charge is -2.10. The Morgan fingerprint density at radius 1 is 1.44 bits per heavy atom. The summed E-state index contributed by atoms with van der Waals surface area (Å²) in [6, 6.07) is 3.99. The summed E-state index contributed by atoms with van der Waals surface area (Å²) in [5.41, 5.74) is 2.39. The van der Waals surface area contributed by atoms with Gasteiger partial charge in [0.25, 0.3) is 0 Å². The van der Waals surface area contributed by atoms with Crippen LogP contribution in [0, 0.1) is 0 Å². The average Bonchev–Trinajstić information content (AvgIpc) is 2.75. The molecule has 1 atom stereocenters. The first-order valence-corrected chi connectivity index (χ1v) is 7.27. The van der Waals surface area contributed by atoms with Crippen molar-refractivity contribution in [3.05, 3.63) is 28.3 Å². The molecule has 1 aliphatic heterocycles. The van der Waals surface area contributed by atoms with Crippen molar-refractivity contribution in [1.82, 2.24) is 5.32 Å². The molecule has 0 saturated carbocycles. The van der Waals surface area contributed by atoms with Gasteiger partial charge in [0.05, 0.1) is 6.61 Å². The van der Waals surface area contributed by atoms with Gasteiger partial charge in [-0.25, -0.2) is 0 Å². The Kier molecular flexibility index (Phi) is 5.16. The van der Waals surface area contributed by atoms with Gasteiger partial charge in [0.2, 0.25) is 0 Å². The molecule has 1 aromatic carbocycles. The predicted molar refractivity (Wildman–Crippen MR) is 76.9 cm³/mol. The zero-order chi connectivity index (χ0) is 13.0. The summed E-state index contributed by atoms with van der Waals surface area (Å²) in [6.45, 7) is 4.57. The molecule has 1 aliphatic rings. The zero-order valence-corrected chi connectivity index (χ0v) is 12.2. The first-order chi connectivity index (χ1) is 8.66. The molecule has 1 unspecified atom stereocenters. The number of fused-ring (bicyclic) bond motifs is 1. The molecule has 4 heteroatoms. The van der Waals surface area contributed by atoms with Crippen molar-refractivity contribution in [2.45, 2.75) is 38.1 Å². The van der Waals surface area contributed by atoms with Gasteiger partial charge in [0, 0.05) is 28.9 Å². The Hall–Kier alpha value is -0.440. The molecular weight excluding hydrogens is 269 g/mol. The van der Waals surface area contributed by atoms with Crippen LogP contribution in [-0.2, 0) is 13.0 Å². The summed E-state index contributed by atoms with van der Waals surface area (Å²) >= 11 is 12.0. The Morgan fingerprint density at radius 3 is 3.06 bits per heavy atom. The lowest BCUT2D eigenvalue weighted by atomic mass is 10.1. The van der Waals surface area contributed by atoms with Gasteiger partial charge in [-0.15, -0.1) is 11.6 Å². The predicted octanol–water partition coefficient (Wildman–Crippen LogP) is 3.77. The van der Waals surface area contributed by atoms with Crippen molar-refractivity contribution >= 4 is 23.2 Å². The normalized spacial score (nSPS) is 15.3. The Balaban J connectivity index is 1.86. The van der Waals surface area contributed by atoms with E-state index in [9.17, 15) is 0 Å². The Bertz CT molecular complexity index is 407. The number of alkyl halides is 1. The van der Waals surface area contributed by atoms with Crippen molar-refractivity contribution in [1.29, 1.82) is 0 Å². The van der Waals surface area contributed by atoms with Gasteiger partial charge in [-0.3, -0.25) is 0 Å². The third kappa shape index (κ3) is 3.78. The number of hydrogen-bond donors (Lipinski definition) is 1. The number of benzene rings is 1. The molecule has 1 N–H and O–H groups in total. The summed E-state index contributed by atoms with van der Waals surface area (Å²) < 4.78 is 5.66. The van der Waals surface area contributed by atoms with E-state index in [0.29, 0.717) is 0 Å². The van der Waals surface area contributed by atoms with Gasteiger partial charge < -0.3 is 10.1 Å². The molecule has 2 rings (SSSR count). The highest BCUT2D eigenvalue weighted by Gasteiger charge is 2.17. The molecule has 0 amide bonds. The lowest BCUT2D eigenvalue weighted by molar-refractivity contribution is 0.352. The van der Waals surface area contributed by atoms with E-state index in [1.807, 2.05) is 19.1 Å². The van der Waals surface area contributed by atoms with Crippen LogP contribution in [0.25, 0.3) is 0 Å². The van der Waals surface area contributed by atoms with Crippen LogP contribution in [0.15, 0.2) is 12.1 Å². The van der Waals surface area contributed by atoms with Gasteiger partial charge in [0.15, 0.2) is 0 Å².